The molecule has 3 rings (SSSR count). The molecule has 2 aromatic heterocycles. The molecule has 1 aliphatic heterocycles. The quantitative estimate of drug-likeness (QED) is 0.902. The summed E-state index contributed by atoms with van der Waals surface area (Å²) in [6.07, 6.45) is 5.08. The number of aryl methyl sites for hydroxylation is 3. The fourth-order valence-corrected chi connectivity index (χ4v) is 3.10. The first-order valence-corrected chi connectivity index (χ1v) is 8.43. The van der Waals surface area contributed by atoms with Gasteiger partial charge in [0.1, 0.15) is 5.76 Å². The van der Waals surface area contributed by atoms with Gasteiger partial charge in [-0.05, 0) is 26.7 Å². The summed E-state index contributed by atoms with van der Waals surface area (Å²) in [5.41, 5.74) is 1.78. The molecule has 1 unspecified atom stereocenters. The highest BCUT2D eigenvalue weighted by molar-refractivity contribution is 5.91. The van der Waals surface area contributed by atoms with Gasteiger partial charge < -0.3 is 19.3 Å². The van der Waals surface area contributed by atoms with E-state index in [4.69, 9.17) is 4.52 Å². The maximum absolute atomic E-state index is 12.4. The topological polar surface area (TPSA) is 93.3 Å². The second-order valence-electron chi connectivity index (χ2n) is 6.48. The van der Waals surface area contributed by atoms with Crippen LogP contribution >= 0.6 is 0 Å². The molecule has 1 aliphatic rings. The standard InChI is InChI=1S/C17H23N5O3/c1-11-14(12(2)25-20-11)10-22-8-6-13(4-5-15(22)23)19-17(24)16-18-7-9-21(16)3/h7,9,13H,4-6,8,10H2,1-3H3,(H,19,24). The third-order valence-electron chi connectivity index (χ3n) is 4.70. The lowest BCUT2D eigenvalue weighted by Crippen LogP contribution is -2.37. The van der Waals surface area contributed by atoms with E-state index in [9.17, 15) is 9.59 Å². The highest BCUT2D eigenvalue weighted by Gasteiger charge is 2.26. The van der Waals surface area contributed by atoms with Gasteiger partial charge in [-0.3, -0.25) is 9.59 Å². The largest absolute Gasteiger partial charge is 0.361 e. The van der Waals surface area contributed by atoms with Crippen LogP contribution in [0.2, 0.25) is 0 Å². The van der Waals surface area contributed by atoms with Gasteiger partial charge >= 0.3 is 0 Å². The normalized spacial score (nSPS) is 18.3. The molecule has 2 aromatic rings. The molecule has 0 spiro atoms. The van der Waals surface area contributed by atoms with Crippen molar-refractivity contribution in [2.75, 3.05) is 6.54 Å². The zero-order chi connectivity index (χ0) is 18.0. The van der Waals surface area contributed by atoms with Crippen LogP contribution in [-0.4, -0.2) is 44.0 Å². The lowest BCUT2D eigenvalue weighted by atomic mass is 10.1. The second kappa shape index (κ2) is 7.08. The van der Waals surface area contributed by atoms with Crippen molar-refractivity contribution >= 4 is 11.8 Å². The van der Waals surface area contributed by atoms with Gasteiger partial charge in [-0.1, -0.05) is 5.16 Å². The summed E-state index contributed by atoms with van der Waals surface area (Å²) in [5, 5.41) is 6.93. The summed E-state index contributed by atoms with van der Waals surface area (Å²) in [6.45, 7) is 4.83. The first-order valence-electron chi connectivity index (χ1n) is 8.43. The Morgan fingerprint density at radius 1 is 1.40 bits per heavy atom. The Morgan fingerprint density at radius 3 is 2.84 bits per heavy atom. The summed E-state index contributed by atoms with van der Waals surface area (Å²) in [4.78, 5) is 30.6. The van der Waals surface area contributed by atoms with Crippen LogP contribution in [0.5, 0.6) is 0 Å². The first-order chi connectivity index (χ1) is 12.0. The number of carbonyl (C=O) groups is 2. The van der Waals surface area contributed by atoms with Crippen LogP contribution in [0.15, 0.2) is 16.9 Å². The smallest absolute Gasteiger partial charge is 0.287 e. The molecular weight excluding hydrogens is 322 g/mol. The molecule has 0 bridgehead atoms. The molecule has 134 valence electrons. The zero-order valence-electron chi connectivity index (χ0n) is 14.8. The van der Waals surface area contributed by atoms with Crippen LogP contribution in [-0.2, 0) is 18.4 Å². The lowest BCUT2D eigenvalue weighted by Gasteiger charge is -2.21. The van der Waals surface area contributed by atoms with Crippen LogP contribution in [0.1, 0.15) is 46.9 Å². The number of carbonyl (C=O) groups excluding carboxylic acids is 2. The van der Waals surface area contributed by atoms with Crippen molar-refractivity contribution in [2.24, 2.45) is 7.05 Å². The van der Waals surface area contributed by atoms with Crippen molar-refractivity contribution < 1.29 is 14.1 Å². The Bertz CT molecular complexity index is 760. The molecule has 1 saturated heterocycles. The molecule has 8 nitrogen and oxygen atoms in total. The third-order valence-corrected chi connectivity index (χ3v) is 4.70. The number of nitrogens with one attached hydrogen (secondary N) is 1. The van der Waals surface area contributed by atoms with E-state index in [0.717, 1.165) is 17.0 Å². The number of nitrogens with zero attached hydrogens (tertiary/aromatic N) is 4. The van der Waals surface area contributed by atoms with Gasteiger partial charge in [0.05, 0.1) is 12.2 Å². The molecule has 25 heavy (non-hydrogen) atoms. The number of rotatable bonds is 4. The van der Waals surface area contributed by atoms with Gasteiger partial charge in [-0.25, -0.2) is 4.98 Å². The van der Waals surface area contributed by atoms with E-state index in [1.54, 1.807) is 24.0 Å². The molecule has 1 N–H and O–H groups in total. The van der Waals surface area contributed by atoms with Gasteiger partial charge in [-0.15, -0.1) is 0 Å². The highest BCUT2D eigenvalue weighted by atomic mass is 16.5. The second-order valence-corrected chi connectivity index (χ2v) is 6.48. The van der Waals surface area contributed by atoms with Gasteiger partial charge in [0.25, 0.3) is 5.91 Å². The van der Waals surface area contributed by atoms with E-state index in [1.165, 1.54) is 0 Å². The summed E-state index contributed by atoms with van der Waals surface area (Å²) in [5.74, 6) is 1.01. The Kier molecular flexibility index (Phi) is 4.87. The highest BCUT2D eigenvalue weighted by Crippen LogP contribution is 2.19. The lowest BCUT2D eigenvalue weighted by molar-refractivity contribution is -0.131. The van der Waals surface area contributed by atoms with Crippen LogP contribution in [0.25, 0.3) is 0 Å². The zero-order valence-corrected chi connectivity index (χ0v) is 14.8. The fourth-order valence-electron chi connectivity index (χ4n) is 3.10. The maximum atomic E-state index is 12.4. The van der Waals surface area contributed by atoms with Crippen LogP contribution in [0.3, 0.4) is 0 Å². The number of likely N-dealkylation sites (tertiary alicyclic amines) is 1. The molecule has 0 saturated carbocycles. The molecule has 3 heterocycles. The van der Waals surface area contributed by atoms with E-state index in [0.29, 0.717) is 38.2 Å². The van der Waals surface area contributed by atoms with Gasteiger partial charge in [-0.2, -0.15) is 0 Å². The van der Waals surface area contributed by atoms with Crippen molar-refractivity contribution in [1.29, 1.82) is 0 Å². The van der Waals surface area contributed by atoms with E-state index in [-0.39, 0.29) is 17.9 Å². The van der Waals surface area contributed by atoms with Gasteiger partial charge in [0.15, 0.2) is 5.82 Å². The molecule has 1 fully saturated rings. The van der Waals surface area contributed by atoms with E-state index < -0.39 is 0 Å². The minimum Gasteiger partial charge on any atom is -0.361 e. The van der Waals surface area contributed by atoms with Crippen LogP contribution in [0.4, 0.5) is 0 Å². The molecule has 8 heteroatoms. The summed E-state index contributed by atoms with van der Waals surface area (Å²) >= 11 is 0. The minimum atomic E-state index is -0.205. The van der Waals surface area contributed by atoms with Crippen molar-refractivity contribution in [3.8, 4) is 0 Å². The first kappa shape index (κ1) is 17.2. The number of aromatic nitrogens is 3. The maximum Gasteiger partial charge on any atom is 0.287 e. The van der Waals surface area contributed by atoms with Gasteiger partial charge in [0, 0.05) is 44.0 Å². The Hall–Kier alpha value is -2.64. The predicted molar refractivity (Wildman–Crippen MR) is 89.7 cm³/mol. The number of imidazole rings is 1. The number of hydrogen-bond donors (Lipinski definition) is 1. The van der Waals surface area contributed by atoms with E-state index in [1.807, 2.05) is 18.7 Å². The third kappa shape index (κ3) is 3.72. The SMILES string of the molecule is Cc1noc(C)c1CN1CCC(NC(=O)c2nccn2C)CCC1=O. The minimum absolute atomic E-state index is 0.0391. The molecule has 0 aliphatic carbocycles. The fraction of sp³-hybridized carbons (Fsp3) is 0.529. The Morgan fingerprint density at radius 2 is 2.20 bits per heavy atom. The van der Waals surface area contributed by atoms with Crippen LogP contribution < -0.4 is 5.32 Å². The van der Waals surface area contributed by atoms with E-state index >= 15 is 0 Å². The number of hydrogen-bond acceptors (Lipinski definition) is 5. The number of amides is 2. The van der Waals surface area contributed by atoms with Crippen molar-refractivity contribution in [1.82, 2.24) is 24.9 Å². The Labute approximate surface area is 146 Å². The average molecular weight is 345 g/mol. The van der Waals surface area contributed by atoms with Crippen molar-refractivity contribution in [3.63, 3.8) is 0 Å². The van der Waals surface area contributed by atoms with E-state index in [2.05, 4.69) is 15.5 Å². The molecule has 0 radical (unpaired) electrons. The summed E-state index contributed by atoms with van der Waals surface area (Å²) in [6, 6.07) is -0.0391. The molecular formula is C17H23N5O3. The van der Waals surface area contributed by atoms with Crippen molar-refractivity contribution in [3.05, 3.63) is 35.2 Å². The molecule has 1 atom stereocenters. The predicted octanol–water partition coefficient (Wildman–Crippen LogP) is 1.34. The average Bonchev–Trinajstić information content (AvgIpc) is 3.09. The van der Waals surface area contributed by atoms with Crippen molar-refractivity contribution in [2.45, 2.75) is 45.7 Å². The Balaban J connectivity index is 1.62. The monoisotopic (exact) mass is 345 g/mol. The summed E-state index contributed by atoms with van der Waals surface area (Å²) < 4.78 is 6.86. The molecule has 2 amide bonds. The summed E-state index contributed by atoms with van der Waals surface area (Å²) in [7, 11) is 1.78. The van der Waals surface area contributed by atoms with Crippen LogP contribution in [0, 0.1) is 13.8 Å². The molecule has 0 aromatic carbocycles. The van der Waals surface area contributed by atoms with Gasteiger partial charge in [0.2, 0.25) is 5.91 Å².